The minimum Gasteiger partial charge on any atom is -0.480 e. The number of hydrogen-bond acceptors (Lipinski definition) is 6. The van der Waals surface area contributed by atoms with Gasteiger partial charge in [0.05, 0.1) is 19.6 Å². The molecule has 0 saturated carbocycles. The van der Waals surface area contributed by atoms with Crippen molar-refractivity contribution in [1.82, 2.24) is 5.32 Å². The van der Waals surface area contributed by atoms with E-state index in [1.807, 2.05) is 0 Å². The molecule has 0 aliphatic rings. The first-order chi connectivity index (χ1) is 10.4. The molecule has 1 aromatic carbocycles. The maximum Gasteiger partial charge on any atom is 0.322 e. The quantitative estimate of drug-likeness (QED) is 0.497. The van der Waals surface area contributed by atoms with E-state index in [4.69, 9.17) is 5.11 Å². The van der Waals surface area contributed by atoms with Crippen LogP contribution < -0.4 is 5.32 Å². The fourth-order valence-electron chi connectivity index (χ4n) is 1.79. The van der Waals surface area contributed by atoms with Crippen molar-refractivity contribution in [3.8, 4) is 0 Å². The molecule has 22 heavy (non-hydrogen) atoms. The van der Waals surface area contributed by atoms with Crippen LogP contribution in [-0.4, -0.2) is 52.9 Å². The standard InChI is InChI=1S/C14H17NO7/c1-22-12(19)6-10(16)13(20)8-4-2-3-5-9(8)14(21)15-7-11(17)18/h2-5,10,13,16,20H,6-7H2,1H3,(H,15,21)(H,17,18). The number of rotatable bonds is 7. The Bertz CT molecular complexity index is 558. The summed E-state index contributed by atoms with van der Waals surface area (Å²) in [7, 11) is 1.15. The van der Waals surface area contributed by atoms with Crippen molar-refractivity contribution in [3.63, 3.8) is 0 Å². The Balaban J connectivity index is 2.92. The van der Waals surface area contributed by atoms with Crippen molar-refractivity contribution in [2.75, 3.05) is 13.7 Å². The van der Waals surface area contributed by atoms with Gasteiger partial charge in [0.25, 0.3) is 5.91 Å². The van der Waals surface area contributed by atoms with Crippen LogP contribution in [0.25, 0.3) is 0 Å². The maximum atomic E-state index is 11.9. The zero-order valence-corrected chi connectivity index (χ0v) is 11.9. The van der Waals surface area contributed by atoms with Crippen molar-refractivity contribution in [1.29, 1.82) is 0 Å². The van der Waals surface area contributed by atoms with Gasteiger partial charge in [0.2, 0.25) is 0 Å². The van der Waals surface area contributed by atoms with Gasteiger partial charge in [0.15, 0.2) is 0 Å². The predicted octanol–water partition coefficient (Wildman–Crippen LogP) is -0.542. The summed E-state index contributed by atoms with van der Waals surface area (Å²) in [4.78, 5) is 33.5. The highest BCUT2D eigenvalue weighted by Crippen LogP contribution is 2.23. The van der Waals surface area contributed by atoms with Gasteiger partial charge in [-0.3, -0.25) is 14.4 Å². The Hall–Kier alpha value is -2.45. The molecule has 0 saturated heterocycles. The van der Waals surface area contributed by atoms with E-state index in [0.29, 0.717) is 0 Å². The van der Waals surface area contributed by atoms with E-state index in [0.717, 1.165) is 7.11 Å². The number of aliphatic carboxylic acids is 1. The Kier molecular flexibility index (Phi) is 6.48. The molecule has 1 aromatic rings. The van der Waals surface area contributed by atoms with Gasteiger partial charge in [0, 0.05) is 5.56 Å². The Morgan fingerprint density at radius 1 is 1.23 bits per heavy atom. The van der Waals surface area contributed by atoms with E-state index in [2.05, 4.69) is 10.1 Å². The molecule has 0 aliphatic heterocycles. The number of benzene rings is 1. The molecule has 0 aromatic heterocycles. The molecule has 0 heterocycles. The number of carbonyl (C=O) groups excluding carboxylic acids is 2. The van der Waals surface area contributed by atoms with Gasteiger partial charge in [-0.05, 0) is 11.6 Å². The molecule has 4 N–H and O–H groups in total. The summed E-state index contributed by atoms with van der Waals surface area (Å²) >= 11 is 0. The van der Waals surface area contributed by atoms with Gasteiger partial charge in [-0.2, -0.15) is 0 Å². The number of esters is 1. The summed E-state index contributed by atoms with van der Waals surface area (Å²) < 4.78 is 4.39. The summed E-state index contributed by atoms with van der Waals surface area (Å²) in [5, 5.41) is 30.6. The van der Waals surface area contributed by atoms with Crippen LogP contribution >= 0.6 is 0 Å². The van der Waals surface area contributed by atoms with Crippen LogP contribution in [0.4, 0.5) is 0 Å². The summed E-state index contributed by atoms with van der Waals surface area (Å²) in [6, 6.07) is 5.84. The first-order valence-electron chi connectivity index (χ1n) is 6.38. The number of hydrogen-bond donors (Lipinski definition) is 4. The first-order valence-corrected chi connectivity index (χ1v) is 6.38. The second kappa shape index (κ2) is 8.11. The molecule has 0 aliphatic carbocycles. The van der Waals surface area contributed by atoms with Crippen molar-refractivity contribution in [2.24, 2.45) is 0 Å². The third kappa shape index (κ3) is 4.83. The molecule has 8 heteroatoms. The van der Waals surface area contributed by atoms with Crippen LogP contribution in [0.3, 0.4) is 0 Å². The SMILES string of the molecule is COC(=O)CC(O)C(O)c1ccccc1C(=O)NCC(=O)O. The lowest BCUT2D eigenvalue weighted by atomic mass is 9.96. The van der Waals surface area contributed by atoms with Crippen LogP contribution in [0.2, 0.25) is 0 Å². The minimum absolute atomic E-state index is 0.0140. The Morgan fingerprint density at radius 3 is 2.45 bits per heavy atom. The second-order valence-electron chi connectivity index (χ2n) is 4.46. The van der Waals surface area contributed by atoms with Crippen LogP contribution in [0.5, 0.6) is 0 Å². The van der Waals surface area contributed by atoms with Crippen molar-refractivity contribution in [3.05, 3.63) is 35.4 Å². The second-order valence-corrected chi connectivity index (χ2v) is 4.46. The van der Waals surface area contributed by atoms with Gasteiger partial charge >= 0.3 is 11.9 Å². The van der Waals surface area contributed by atoms with Crippen molar-refractivity contribution < 1.29 is 34.4 Å². The average molecular weight is 311 g/mol. The highest BCUT2D eigenvalue weighted by atomic mass is 16.5. The van der Waals surface area contributed by atoms with Crippen LogP contribution in [0.1, 0.15) is 28.4 Å². The topological polar surface area (TPSA) is 133 Å². The van der Waals surface area contributed by atoms with Gasteiger partial charge in [0.1, 0.15) is 12.6 Å². The molecular weight excluding hydrogens is 294 g/mol. The van der Waals surface area contributed by atoms with E-state index in [1.165, 1.54) is 24.3 Å². The monoisotopic (exact) mass is 311 g/mol. The molecule has 120 valence electrons. The Labute approximate surface area is 126 Å². The third-order valence-electron chi connectivity index (χ3n) is 2.89. The third-order valence-corrected chi connectivity index (χ3v) is 2.89. The highest BCUT2D eigenvalue weighted by molar-refractivity contribution is 5.97. The molecule has 0 bridgehead atoms. The summed E-state index contributed by atoms with van der Waals surface area (Å²) in [6.07, 6.45) is -3.39. The van der Waals surface area contributed by atoms with Crippen LogP contribution in [0, 0.1) is 0 Å². The number of nitrogens with one attached hydrogen (secondary N) is 1. The van der Waals surface area contributed by atoms with Crippen molar-refractivity contribution in [2.45, 2.75) is 18.6 Å². The number of methoxy groups -OCH3 is 1. The van der Waals surface area contributed by atoms with E-state index < -0.39 is 43.0 Å². The molecule has 0 spiro atoms. The normalized spacial score (nSPS) is 13.0. The lowest BCUT2D eigenvalue weighted by molar-refractivity contribution is -0.144. The van der Waals surface area contributed by atoms with Crippen LogP contribution in [-0.2, 0) is 14.3 Å². The highest BCUT2D eigenvalue weighted by Gasteiger charge is 2.25. The lowest BCUT2D eigenvalue weighted by Gasteiger charge is -2.19. The van der Waals surface area contributed by atoms with Gasteiger partial charge < -0.3 is 25.4 Å². The number of ether oxygens (including phenoxy) is 1. The average Bonchev–Trinajstić information content (AvgIpc) is 2.51. The number of carbonyl (C=O) groups is 3. The number of amides is 1. The number of aliphatic hydroxyl groups excluding tert-OH is 2. The van der Waals surface area contributed by atoms with Crippen LogP contribution in [0.15, 0.2) is 24.3 Å². The zero-order chi connectivity index (χ0) is 16.7. The van der Waals surface area contributed by atoms with E-state index in [9.17, 15) is 24.6 Å². The predicted molar refractivity (Wildman–Crippen MR) is 74.0 cm³/mol. The largest absolute Gasteiger partial charge is 0.480 e. The van der Waals surface area contributed by atoms with E-state index in [-0.39, 0.29) is 11.1 Å². The lowest BCUT2D eigenvalue weighted by Crippen LogP contribution is -2.31. The Morgan fingerprint density at radius 2 is 1.86 bits per heavy atom. The molecule has 8 nitrogen and oxygen atoms in total. The molecule has 2 atom stereocenters. The van der Waals surface area contributed by atoms with Gasteiger partial charge in [-0.25, -0.2) is 0 Å². The molecular formula is C14H17NO7. The smallest absolute Gasteiger partial charge is 0.322 e. The summed E-state index contributed by atoms with van der Waals surface area (Å²) in [5.41, 5.74) is 0.0990. The van der Waals surface area contributed by atoms with Gasteiger partial charge in [-0.1, -0.05) is 18.2 Å². The fraction of sp³-hybridized carbons (Fsp3) is 0.357. The summed E-state index contributed by atoms with van der Waals surface area (Å²) in [6.45, 7) is -0.575. The molecule has 1 amide bonds. The number of carboxylic acids is 1. The van der Waals surface area contributed by atoms with E-state index >= 15 is 0 Å². The molecule has 1 rings (SSSR count). The fourth-order valence-corrected chi connectivity index (χ4v) is 1.79. The maximum absolute atomic E-state index is 11.9. The zero-order valence-electron chi connectivity index (χ0n) is 11.9. The van der Waals surface area contributed by atoms with E-state index in [1.54, 1.807) is 0 Å². The van der Waals surface area contributed by atoms with Crippen molar-refractivity contribution >= 4 is 17.8 Å². The number of carboxylic acid groups (broad SMARTS) is 1. The molecule has 0 fully saturated rings. The minimum atomic E-state index is -1.49. The molecule has 2 unspecified atom stereocenters. The molecule has 0 radical (unpaired) electrons. The first kappa shape index (κ1) is 17.6. The summed E-state index contributed by atoms with van der Waals surface area (Å²) in [5.74, 6) is -2.63. The van der Waals surface area contributed by atoms with Gasteiger partial charge in [-0.15, -0.1) is 0 Å². The number of aliphatic hydroxyl groups is 2.